The van der Waals surface area contributed by atoms with Gasteiger partial charge in [-0.3, -0.25) is 4.79 Å². The highest BCUT2D eigenvalue weighted by Gasteiger charge is 2.32. The molecule has 0 saturated heterocycles. The van der Waals surface area contributed by atoms with Gasteiger partial charge in [-0.2, -0.15) is 4.98 Å². The van der Waals surface area contributed by atoms with Crippen molar-refractivity contribution < 1.29 is 18.8 Å². The van der Waals surface area contributed by atoms with Gasteiger partial charge in [-0.25, -0.2) is 0 Å². The van der Waals surface area contributed by atoms with Crippen molar-refractivity contribution in [2.45, 2.75) is 45.3 Å². The number of ether oxygens (including phenoxy) is 2. The van der Waals surface area contributed by atoms with E-state index < -0.39 is 0 Å². The van der Waals surface area contributed by atoms with Gasteiger partial charge in [-0.1, -0.05) is 16.8 Å². The first-order valence-corrected chi connectivity index (χ1v) is 11.8. The van der Waals surface area contributed by atoms with Crippen molar-refractivity contribution in [2.75, 3.05) is 7.11 Å². The Balaban J connectivity index is 1.37. The van der Waals surface area contributed by atoms with E-state index in [4.69, 9.17) is 25.6 Å². The van der Waals surface area contributed by atoms with E-state index >= 15 is 0 Å². The predicted molar refractivity (Wildman–Crippen MR) is 130 cm³/mol. The number of fused-ring (bicyclic) bond motifs is 1. The molecule has 2 heterocycles. The zero-order chi connectivity index (χ0) is 23.8. The third kappa shape index (κ3) is 4.28. The molecule has 2 unspecified atom stereocenters. The molecule has 176 valence electrons. The molecule has 0 amide bonds. The molecule has 5 rings (SSSR count). The minimum atomic E-state index is -0.114. The van der Waals surface area contributed by atoms with Crippen molar-refractivity contribution in [1.82, 2.24) is 14.7 Å². The molecule has 1 aliphatic rings. The van der Waals surface area contributed by atoms with Crippen molar-refractivity contribution in [3.05, 3.63) is 53.7 Å². The minimum absolute atomic E-state index is 0.0250. The molecule has 7 nitrogen and oxygen atoms in total. The van der Waals surface area contributed by atoms with Crippen LogP contribution >= 0.6 is 11.6 Å². The number of carbonyl (C=O) groups is 1. The highest BCUT2D eigenvalue weighted by atomic mass is 35.5. The van der Waals surface area contributed by atoms with Gasteiger partial charge in [0.15, 0.2) is 0 Å². The van der Waals surface area contributed by atoms with Crippen LogP contribution in [0.4, 0.5) is 0 Å². The van der Waals surface area contributed by atoms with Crippen LogP contribution in [0, 0.1) is 5.92 Å². The molecule has 2 aromatic heterocycles. The molecule has 0 bridgehead atoms. The molecular weight excluding hydrogens is 454 g/mol. The third-order valence-corrected chi connectivity index (χ3v) is 6.57. The fourth-order valence-corrected chi connectivity index (χ4v) is 4.88. The lowest BCUT2D eigenvalue weighted by atomic mass is 10.1. The van der Waals surface area contributed by atoms with Crippen LogP contribution in [0.25, 0.3) is 33.7 Å². The summed E-state index contributed by atoms with van der Waals surface area (Å²) in [7, 11) is 1.45. The molecule has 1 fully saturated rings. The molecule has 4 aromatic rings. The highest BCUT2D eigenvalue weighted by Crippen LogP contribution is 2.38. The molecule has 2 aromatic carbocycles. The van der Waals surface area contributed by atoms with E-state index in [9.17, 15) is 4.79 Å². The summed E-state index contributed by atoms with van der Waals surface area (Å²) in [6.07, 6.45) is 4.74. The smallest absolute Gasteiger partial charge is 0.308 e. The molecule has 0 aliphatic heterocycles. The van der Waals surface area contributed by atoms with E-state index in [1.54, 1.807) is 6.07 Å². The summed E-state index contributed by atoms with van der Waals surface area (Å²) in [6.45, 7) is 3.90. The standard InChI is InChI=1S/C26H26ClN3O4/c1-15(2)33-23-9-6-17(14-21(23)27)24-28-25(34-29-24)18-5-8-22-16(12-18)10-11-30(22)20-7-4-19(13-20)26(31)32-3/h5-6,8-12,14-15,19-20H,4,7,13H2,1-3H3. The summed E-state index contributed by atoms with van der Waals surface area (Å²) < 4.78 is 18.4. The molecule has 8 heteroatoms. The summed E-state index contributed by atoms with van der Waals surface area (Å²) >= 11 is 6.36. The van der Waals surface area contributed by atoms with E-state index in [0.29, 0.717) is 22.5 Å². The topological polar surface area (TPSA) is 79.4 Å². The van der Waals surface area contributed by atoms with Gasteiger partial charge >= 0.3 is 5.97 Å². The monoisotopic (exact) mass is 479 g/mol. The van der Waals surface area contributed by atoms with Crippen LogP contribution in [0.5, 0.6) is 5.75 Å². The lowest BCUT2D eigenvalue weighted by Crippen LogP contribution is -2.13. The Morgan fingerprint density at radius 2 is 1.97 bits per heavy atom. The molecule has 1 saturated carbocycles. The third-order valence-electron chi connectivity index (χ3n) is 6.28. The summed E-state index contributed by atoms with van der Waals surface area (Å²) in [5.74, 6) is 1.39. The Kier molecular flexibility index (Phi) is 6.04. The molecule has 0 spiro atoms. The second-order valence-corrected chi connectivity index (χ2v) is 9.33. The fourth-order valence-electron chi connectivity index (χ4n) is 4.65. The number of esters is 1. The fraction of sp³-hybridized carbons (Fsp3) is 0.346. The number of carbonyl (C=O) groups excluding carboxylic acids is 1. The van der Waals surface area contributed by atoms with Gasteiger partial charge in [-0.05, 0) is 75.6 Å². The van der Waals surface area contributed by atoms with E-state index in [2.05, 4.69) is 33.0 Å². The van der Waals surface area contributed by atoms with Crippen LogP contribution < -0.4 is 4.74 Å². The van der Waals surface area contributed by atoms with E-state index in [1.807, 2.05) is 38.1 Å². The molecule has 34 heavy (non-hydrogen) atoms. The highest BCUT2D eigenvalue weighted by molar-refractivity contribution is 6.32. The molecule has 0 radical (unpaired) electrons. The minimum Gasteiger partial charge on any atom is -0.489 e. The Hall–Kier alpha value is -3.32. The zero-order valence-electron chi connectivity index (χ0n) is 19.3. The average molecular weight is 480 g/mol. The largest absolute Gasteiger partial charge is 0.489 e. The van der Waals surface area contributed by atoms with Crippen LogP contribution in [0.3, 0.4) is 0 Å². The van der Waals surface area contributed by atoms with Crippen LogP contribution in [0.2, 0.25) is 5.02 Å². The van der Waals surface area contributed by atoms with Gasteiger partial charge in [0.05, 0.1) is 24.2 Å². The van der Waals surface area contributed by atoms with Crippen molar-refractivity contribution in [2.24, 2.45) is 5.92 Å². The Bertz CT molecular complexity index is 1340. The summed E-state index contributed by atoms with van der Waals surface area (Å²) in [5.41, 5.74) is 2.71. The lowest BCUT2D eigenvalue weighted by Gasteiger charge is -2.14. The first-order valence-electron chi connectivity index (χ1n) is 11.4. The SMILES string of the molecule is COC(=O)C1CCC(n2ccc3cc(-c4nc(-c5ccc(OC(C)C)c(Cl)c5)no4)ccc32)C1. The van der Waals surface area contributed by atoms with Crippen LogP contribution in [-0.4, -0.2) is 33.9 Å². The van der Waals surface area contributed by atoms with Crippen molar-refractivity contribution in [1.29, 1.82) is 0 Å². The number of hydrogen-bond donors (Lipinski definition) is 0. The number of nitrogens with zero attached hydrogens (tertiary/aromatic N) is 3. The van der Waals surface area contributed by atoms with Gasteiger partial charge in [0.2, 0.25) is 5.82 Å². The first-order chi connectivity index (χ1) is 16.4. The second-order valence-electron chi connectivity index (χ2n) is 8.92. The average Bonchev–Trinajstić information content (AvgIpc) is 3.58. The number of halogens is 1. The maximum atomic E-state index is 11.9. The number of hydrogen-bond acceptors (Lipinski definition) is 6. The second kappa shape index (κ2) is 9.14. The quantitative estimate of drug-likeness (QED) is 0.301. The van der Waals surface area contributed by atoms with E-state index in [1.165, 1.54) is 7.11 Å². The Morgan fingerprint density at radius 1 is 1.15 bits per heavy atom. The lowest BCUT2D eigenvalue weighted by molar-refractivity contribution is -0.145. The van der Waals surface area contributed by atoms with Gasteiger partial charge in [-0.15, -0.1) is 0 Å². The number of methoxy groups -OCH3 is 1. The predicted octanol–water partition coefficient (Wildman–Crippen LogP) is 6.31. The van der Waals surface area contributed by atoms with Crippen LogP contribution in [0.1, 0.15) is 39.2 Å². The summed E-state index contributed by atoms with van der Waals surface area (Å²) in [4.78, 5) is 16.5. The van der Waals surface area contributed by atoms with Crippen molar-refractivity contribution in [3.8, 4) is 28.6 Å². The number of benzene rings is 2. The number of aromatic nitrogens is 3. The first kappa shape index (κ1) is 22.5. The molecular formula is C26H26ClN3O4. The van der Waals surface area contributed by atoms with Gasteiger partial charge in [0, 0.05) is 34.3 Å². The normalized spacial score (nSPS) is 18.0. The Labute approximate surface area is 202 Å². The zero-order valence-corrected chi connectivity index (χ0v) is 20.1. The maximum Gasteiger partial charge on any atom is 0.308 e. The molecule has 1 aliphatic carbocycles. The van der Waals surface area contributed by atoms with E-state index in [-0.39, 0.29) is 24.0 Å². The van der Waals surface area contributed by atoms with Crippen molar-refractivity contribution >= 4 is 28.5 Å². The summed E-state index contributed by atoms with van der Waals surface area (Å²) in [6, 6.07) is 13.9. The van der Waals surface area contributed by atoms with Gasteiger partial charge in [0.25, 0.3) is 5.89 Å². The van der Waals surface area contributed by atoms with Crippen LogP contribution in [0.15, 0.2) is 53.2 Å². The van der Waals surface area contributed by atoms with Crippen LogP contribution in [-0.2, 0) is 9.53 Å². The maximum absolute atomic E-state index is 11.9. The van der Waals surface area contributed by atoms with Gasteiger partial charge < -0.3 is 18.6 Å². The van der Waals surface area contributed by atoms with E-state index in [0.717, 1.165) is 41.3 Å². The molecule has 2 atom stereocenters. The van der Waals surface area contributed by atoms with Crippen molar-refractivity contribution in [3.63, 3.8) is 0 Å². The Morgan fingerprint density at radius 3 is 2.74 bits per heavy atom. The van der Waals surface area contributed by atoms with Gasteiger partial charge in [0.1, 0.15) is 5.75 Å². The summed E-state index contributed by atoms with van der Waals surface area (Å²) in [5, 5.41) is 5.72. The molecule has 0 N–H and O–H groups in total. The number of rotatable bonds is 6.